The molecule has 1 aromatic carbocycles. The SMILES string of the molecule is CCOC(=O)COc1ccc(CNC(C)C)cc1[N+](=O)[O-]. The minimum absolute atomic E-state index is 0.0568. The number of carbonyl (C=O) groups is 1. The van der Waals surface area contributed by atoms with Crippen molar-refractivity contribution in [2.75, 3.05) is 13.2 Å². The van der Waals surface area contributed by atoms with Crippen LogP contribution in [0.2, 0.25) is 0 Å². The second kappa shape index (κ2) is 8.21. The van der Waals surface area contributed by atoms with Crippen LogP contribution in [0, 0.1) is 10.1 Å². The average molecular weight is 296 g/mol. The molecule has 7 nitrogen and oxygen atoms in total. The van der Waals surface area contributed by atoms with Crippen LogP contribution in [-0.4, -0.2) is 30.1 Å². The van der Waals surface area contributed by atoms with Crippen LogP contribution in [-0.2, 0) is 16.1 Å². The summed E-state index contributed by atoms with van der Waals surface area (Å²) >= 11 is 0. The minimum atomic E-state index is -0.558. The standard InChI is InChI=1S/C14H20N2O5/c1-4-20-14(17)9-21-13-6-5-11(8-15-10(2)3)7-12(13)16(18)19/h5-7,10,15H,4,8-9H2,1-3H3. The summed E-state index contributed by atoms with van der Waals surface area (Å²) in [5.74, 6) is -0.501. The largest absolute Gasteiger partial charge is 0.475 e. The van der Waals surface area contributed by atoms with Crippen LogP contribution in [0.5, 0.6) is 5.75 Å². The lowest BCUT2D eigenvalue weighted by atomic mass is 10.2. The van der Waals surface area contributed by atoms with E-state index in [4.69, 9.17) is 9.47 Å². The zero-order valence-corrected chi connectivity index (χ0v) is 12.4. The fraction of sp³-hybridized carbons (Fsp3) is 0.500. The van der Waals surface area contributed by atoms with Crippen molar-refractivity contribution in [2.24, 2.45) is 0 Å². The number of benzene rings is 1. The number of ether oxygens (including phenoxy) is 2. The Labute approximate surface area is 123 Å². The molecular weight excluding hydrogens is 276 g/mol. The van der Waals surface area contributed by atoms with Gasteiger partial charge in [0.05, 0.1) is 11.5 Å². The topological polar surface area (TPSA) is 90.7 Å². The molecule has 0 saturated heterocycles. The smallest absolute Gasteiger partial charge is 0.344 e. The summed E-state index contributed by atoms with van der Waals surface area (Å²) < 4.78 is 9.87. The van der Waals surface area contributed by atoms with Crippen molar-refractivity contribution in [3.63, 3.8) is 0 Å². The lowest BCUT2D eigenvalue weighted by Gasteiger charge is -2.10. The van der Waals surface area contributed by atoms with Crippen molar-refractivity contribution in [3.05, 3.63) is 33.9 Å². The summed E-state index contributed by atoms with van der Waals surface area (Å²) in [5.41, 5.74) is 0.612. The number of nitrogens with one attached hydrogen (secondary N) is 1. The van der Waals surface area contributed by atoms with Crippen LogP contribution in [0.4, 0.5) is 5.69 Å². The van der Waals surface area contributed by atoms with Crippen molar-refractivity contribution in [3.8, 4) is 5.75 Å². The third-order valence-electron chi connectivity index (χ3n) is 2.59. The van der Waals surface area contributed by atoms with Gasteiger partial charge in [0.2, 0.25) is 0 Å². The van der Waals surface area contributed by atoms with Crippen molar-refractivity contribution in [1.82, 2.24) is 5.32 Å². The monoisotopic (exact) mass is 296 g/mol. The highest BCUT2D eigenvalue weighted by atomic mass is 16.6. The van der Waals surface area contributed by atoms with Gasteiger partial charge < -0.3 is 14.8 Å². The van der Waals surface area contributed by atoms with Gasteiger partial charge in [-0.1, -0.05) is 19.9 Å². The van der Waals surface area contributed by atoms with Crippen LogP contribution < -0.4 is 10.1 Å². The van der Waals surface area contributed by atoms with Crippen LogP contribution in [0.15, 0.2) is 18.2 Å². The van der Waals surface area contributed by atoms with E-state index < -0.39 is 10.9 Å². The Morgan fingerprint density at radius 3 is 2.71 bits per heavy atom. The van der Waals surface area contributed by atoms with Crippen LogP contribution >= 0.6 is 0 Å². The molecule has 0 amide bonds. The molecule has 116 valence electrons. The van der Waals surface area contributed by atoms with Gasteiger partial charge in [0, 0.05) is 18.7 Å². The number of hydrogen-bond acceptors (Lipinski definition) is 6. The van der Waals surface area contributed by atoms with Crippen molar-refractivity contribution >= 4 is 11.7 Å². The molecule has 0 spiro atoms. The lowest BCUT2D eigenvalue weighted by molar-refractivity contribution is -0.385. The number of nitrogens with zero attached hydrogens (tertiary/aromatic N) is 1. The molecule has 0 fully saturated rings. The Balaban J connectivity index is 2.79. The quantitative estimate of drug-likeness (QED) is 0.448. The number of esters is 1. The van der Waals surface area contributed by atoms with Gasteiger partial charge >= 0.3 is 11.7 Å². The molecule has 0 bridgehead atoms. The number of nitro benzene ring substituents is 1. The molecule has 0 aliphatic carbocycles. The Hall–Kier alpha value is -2.15. The number of rotatable bonds is 8. The van der Waals surface area contributed by atoms with Gasteiger partial charge in [-0.2, -0.15) is 0 Å². The normalized spacial score (nSPS) is 10.5. The molecule has 0 aromatic heterocycles. The Bertz CT molecular complexity index is 502. The van der Waals surface area contributed by atoms with E-state index in [1.165, 1.54) is 12.1 Å². The van der Waals surface area contributed by atoms with E-state index in [2.05, 4.69) is 5.32 Å². The molecule has 0 aliphatic rings. The number of nitro groups is 1. The van der Waals surface area contributed by atoms with E-state index >= 15 is 0 Å². The van der Waals surface area contributed by atoms with E-state index in [0.717, 1.165) is 5.56 Å². The number of hydrogen-bond donors (Lipinski definition) is 1. The third kappa shape index (κ3) is 5.78. The second-order valence-corrected chi connectivity index (χ2v) is 4.69. The highest BCUT2D eigenvalue weighted by Crippen LogP contribution is 2.28. The third-order valence-corrected chi connectivity index (χ3v) is 2.59. The summed E-state index contributed by atoms with van der Waals surface area (Å²) in [6.45, 7) is 6.08. The van der Waals surface area contributed by atoms with Crippen LogP contribution in [0.3, 0.4) is 0 Å². The molecule has 21 heavy (non-hydrogen) atoms. The molecular formula is C14H20N2O5. The summed E-state index contributed by atoms with van der Waals surface area (Å²) in [7, 11) is 0. The maximum atomic E-state index is 11.2. The summed E-state index contributed by atoms with van der Waals surface area (Å²) in [5, 5.41) is 14.2. The van der Waals surface area contributed by atoms with Gasteiger partial charge in [-0.25, -0.2) is 4.79 Å². The Morgan fingerprint density at radius 1 is 1.43 bits per heavy atom. The molecule has 0 atom stereocenters. The summed E-state index contributed by atoms with van der Waals surface area (Å²) in [6, 6.07) is 4.94. The van der Waals surface area contributed by atoms with Gasteiger partial charge in [-0.05, 0) is 18.6 Å². The van der Waals surface area contributed by atoms with Crippen LogP contribution in [0.1, 0.15) is 26.3 Å². The molecule has 0 aliphatic heterocycles. The highest BCUT2D eigenvalue weighted by molar-refractivity contribution is 5.71. The number of carbonyl (C=O) groups excluding carboxylic acids is 1. The molecule has 0 heterocycles. The Morgan fingerprint density at radius 2 is 2.14 bits per heavy atom. The fourth-order valence-corrected chi connectivity index (χ4v) is 1.60. The summed E-state index contributed by atoms with van der Waals surface area (Å²) in [6.07, 6.45) is 0. The predicted molar refractivity (Wildman–Crippen MR) is 77.2 cm³/mol. The van der Waals surface area contributed by atoms with Gasteiger partial charge in [-0.3, -0.25) is 10.1 Å². The van der Waals surface area contributed by atoms with Gasteiger partial charge in [-0.15, -0.1) is 0 Å². The van der Waals surface area contributed by atoms with Crippen LogP contribution in [0.25, 0.3) is 0 Å². The second-order valence-electron chi connectivity index (χ2n) is 4.69. The average Bonchev–Trinajstić information content (AvgIpc) is 2.43. The molecule has 7 heteroatoms. The molecule has 0 saturated carbocycles. The minimum Gasteiger partial charge on any atom is -0.475 e. The first kappa shape index (κ1) is 16.9. The molecule has 0 unspecified atom stereocenters. The predicted octanol–water partition coefficient (Wildman–Crippen LogP) is 2.03. The highest BCUT2D eigenvalue weighted by Gasteiger charge is 2.17. The maximum absolute atomic E-state index is 11.2. The van der Waals surface area contributed by atoms with E-state index in [9.17, 15) is 14.9 Å². The first-order valence-electron chi connectivity index (χ1n) is 6.73. The van der Waals surface area contributed by atoms with Gasteiger partial charge in [0.15, 0.2) is 12.4 Å². The molecule has 1 rings (SSSR count). The van der Waals surface area contributed by atoms with Gasteiger partial charge in [0.1, 0.15) is 0 Å². The zero-order chi connectivity index (χ0) is 15.8. The first-order valence-corrected chi connectivity index (χ1v) is 6.73. The van der Waals surface area contributed by atoms with E-state index in [-0.39, 0.29) is 30.7 Å². The van der Waals surface area contributed by atoms with Gasteiger partial charge in [0.25, 0.3) is 0 Å². The van der Waals surface area contributed by atoms with Crippen molar-refractivity contribution in [1.29, 1.82) is 0 Å². The first-order chi connectivity index (χ1) is 9.93. The lowest BCUT2D eigenvalue weighted by Crippen LogP contribution is -2.21. The van der Waals surface area contributed by atoms with Crippen molar-refractivity contribution < 1.29 is 19.2 Å². The fourth-order valence-electron chi connectivity index (χ4n) is 1.60. The Kier molecular flexibility index (Phi) is 6.61. The van der Waals surface area contributed by atoms with Crippen molar-refractivity contribution in [2.45, 2.75) is 33.4 Å². The maximum Gasteiger partial charge on any atom is 0.344 e. The molecule has 0 radical (unpaired) electrons. The van der Waals surface area contributed by atoms with E-state index in [1.807, 2.05) is 13.8 Å². The van der Waals surface area contributed by atoms with E-state index in [1.54, 1.807) is 13.0 Å². The zero-order valence-electron chi connectivity index (χ0n) is 12.4. The summed E-state index contributed by atoms with van der Waals surface area (Å²) in [4.78, 5) is 21.8. The molecule has 1 N–H and O–H groups in total. The molecule has 1 aromatic rings. The van der Waals surface area contributed by atoms with E-state index in [0.29, 0.717) is 6.54 Å².